The average Bonchev–Trinajstić information content (AvgIpc) is 2.64. The Morgan fingerprint density at radius 2 is 1.71 bits per heavy atom. The van der Waals surface area contributed by atoms with Gasteiger partial charge in [0, 0.05) is 5.69 Å². The van der Waals surface area contributed by atoms with Gasteiger partial charge in [-0.1, -0.05) is 66.8 Å². The minimum Gasteiger partial charge on any atom is -0.325 e. The topological polar surface area (TPSA) is 29.1 Å². The van der Waals surface area contributed by atoms with Crippen molar-refractivity contribution in [2.75, 3.05) is 11.1 Å². The van der Waals surface area contributed by atoms with Crippen LogP contribution >= 0.6 is 11.8 Å². The molecule has 0 bridgehead atoms. The molecule has 3 rings (SSSR count). The van der Waals surface area contributed by atoms with E-state index in [2.05, 4.69) is 47.8 Å². The van der Waals surface area contributed by atoms with Gasteiger partial charge in [-0.3, -0.25) is 4.79 Å². The summed E-state index contributed by atoms with van der Waals surface area (Å²) < 4.78 is 0. The molecule has 0 heterocycles. The first-order chi connectivity index (χ1) is 11.8. The first-order valence-electron chi connectivity index (χ1n) is 8.21. The van der Waals surface area contributed by atoms with E-state index in [9.17, 15) is 4.79 Å². The number of hydrogen-bond donors (Lipinski definition) is 1. The van der Waals surface area contributed by atoms with Gasteiger partial charge in [0.05, 0.1) is 11.0 Å². The zero-order valence-corrected chi connectivity index (χ0v) is 14.3. The fourth-order valence-corrected chi connectivity index (χ4v) is 3.83. The molecule has 0 radical (unpaired) electrons. The van der Waals surface area contributed by atoms with E-state index < -0.39 is 0 Å². The van der Waals surface area contributed by atoms with Gasteiger partial charge in [-0.05, 0) is 36.1 Å². The highest BCUT2D eigenvalue weighted by atomic mass is 32.2. The quantitative estimate of drug-likeness (QED) is 0.768. The number of nitrogens with one attached hydrogen (secondary N) is 1. The zero-order chi connectivity index (χ0) is 16.6. The van der Waals surface area contributed by atoms with Crippen LogP contribution < -0.4 is 5.32 Å². The van der Waals surface area contributed by atoms with Crippen LogP contribution in [-0.4, -0.2) is 11.7 Å². The normalized spacial score (nSPS) is 14.8. The van der Waals surface area contributed by atoms with Crippen LogP contribution in [0.4, 0.5) is 5.69 Å². The van der Waals surface area contributed by atoms with E-state index in [1.165, 1.54) is 11.1 Å². The molecule has 1 aliphatic rings. The number of rotatable bonds is 6. The van der Waals surface area contributed by atoms with Crippen molar-refractivity contribution in [3.63, 3.8) is 0 Å². The minimum absolute atomic E-state index is 0.0347. The number of carbonyl (C=O) groups is 1. The van der Waals surface area contributed by atoms with Crippen LogP contribution in [0.3, 0.4) is 0 Å². The van der Waals surface area contributed by atoms with Gasteiger partial charge in [-0.15, -0.1) is 11.8 Å². The van der Waals surface area contributed by atoms with Gasteiger partial charge >= 0.3 is 0 Å². The summed E-state index contributed by atoms with van der Waals surface area (Å²) in [6.07, 6.45) is 8.88. The molecule has 122 valence electrons. The summed E-state index contributed by atoms with van der Waals surface area (Å²) in [5.74, 6) is 0.465. The maximum absolute atomic E-state index is 12.3. The summed E-state index contributed by atoms with van der Waals surface area (Å²) in [5.41, 5.74) is 3.38. The van der Waals surface area contributed by atoms with Crippen molar-refractivity contribution in [3.8, 4) is 0 Å². The molecule has 2 nitrogen and oxygen atoms in total. The Bertz CT molecular complexity index is 722. The van der Waals surface area contributed by atoms with Gasteiger partial charge in [0.2, 0.25) is 5.91 Å². The third-order valence-electron chi connectivity index (χ3n) is 3.87. The van der Waals surface area contributed by atoms with Gasteiger partial charge in [0.15, 0.2) is 0 Å². The first-order valence-corrected chi connectivity index (χ1v) is 9.26. The van der Waals surface area contributed by atoms with E-state index in [-0.39, 0.29) is 11.2 Å². The van der Waals surface area contributed by atoms with Crippen molar-refractivity contribution in [3.05, 3.63) is 90.0 Å². The summed E-state index contributed by atoms with van der Waals surface area (Å²) >= 11 is 1.68. The smallest absolute Gasteiger partial charge is 0.234 e. The maximum atomic E-state index is 12.3. The van der Waals surface area contributed by atoms with Crippen LogP contribution in [-0.2, 0) is 4.79 Å². The van der Waals surface area contributed by atoms with Crippen LogP contribution in [0, 0.1) is 0 Å². The molecule has 0 aromatic heterocycles. The predicted molar refractivity (Wildman–Crippen MR) is 103 cm³/mol. The number of thioether (sulfide) groups is 1. The van der Waals surface area contributed by atoms with E-state index in [4.69, 9.17) is 0 Å². The number of carbonyl (C=O) groups excluding carboxylic acids is 1. The zero-order valence-electron chi connectivity index (χ0n) is 13.5. The largest absolute Gasteiger partial charge is 0.325 e. The van der Waals surface area contributed by atoms with Crippen LogP contribution in [0.2, 0.25) is 0 Å². The lowest BCUT2D eigenvalue weighted by Crippen LogP contribution is -2.15. The second-order valence-corrected chi connectivity index (χ2v) is 6.79. The molecule has 1 N–H and O–H groups in total. The lowest BCUT2D eigenvalue weighted by molar-refractivity contribution is -0.113. The molecule has 0 fully saturated rings. The van der Waals surface area contributed by atoms with Gasteiger partial charge in [0.25, 0.3) is 0 Å². The Labute approximate surface area is 147 Å². The van der Waals surface area contributed by atoms with Crippen molar-refractivity contribution >= 4 is 23.4 Å². The summed E-state index contributed by atoms with van der Waals surface area (Å²) in [5, 5.41) is 3.15. The molecule has 3 heteroatoms. The highest BCUT2D eigenvalue weighted by Gasteiger charge is 2.18. The molecule has 1 amide bonds. The summed E-state index contributed by atoms with van der Waals surface area (Å²) in [4.78, 5) is 12.3. The molecular formula is C21H21NOS. The Morgan fingerprint density at radius 1 is 1.00 bits per heavy atom. The fourth-order valence-electron chi connectivity index (χ4n) is 2.72. The number of hydrogen-bond acceptors (Lipinski definition) is 2. The van der Waals surface area contributed by atoms with Crippen molar-refractivity contribution < 1.29 is 4.79 Å². The van der Waals surface area contributed by atoms with Gasteiger partial charge in [-0.2, -0.15) is 0 Å². The molecule has 1 aliphatic carbocycles. The summed E-state index contributed by atoms with van der Waals surface area (Å²) in [7, 11) is 0. The summed E-state index contributed by atoms with van der Waals surface area (Å²) in [6, 6.07) is 20.0. The van der Waals surface area contributed by atoms with Crippen LogP contribution in [0.1, 0.15) is 23.7 Å². The van der Waals surface area contributed by atoms with Crippen molar-refractivity contribution in [2.24, 2.45) is 0 Å². The van der Waals surface area contributed by atoms with E-state index in [1.807, 2.05) is 36.4 Å². The SMILES string of the molecule is O=C(CSC(C1=CCCC=C1)c1ccccc1)Nc1ccccc1. The van der Waals surface area contributed by atoms with E-state index in [0.717, 1.165) is 18.5 Å². The number of allylic oxidation sites excluding steroid dienone is 3. The van der Waals surface area contributed by atoms with Gasteiger partial charge in [-0.25, -0.2) is 0 Å². The molecule has 0 saturated heterocycles. The lowest BCUT2D eigenvalue weighted by atomic mass is 9.99. The first kappa shape index (κ1) is 16.6. The van der Waals surface area contributed by atoms with Crippen molar-refractivity contribution in [2.45, 2.75) is 18.1 Å². The third kappa shape index (κ3) is 4.62. The standard InChI is InChI=1S/C21H21NOS/c23-20(22-19-14-8-3-9-15-19)16-24-21(17-10-4-1-5-11-17)18-12-6-2-7-13-18/h1,3-6,8-15,21H,2,7,16H2,(H,22,23). The van der Waals surface area contributed by atoms with Crippen LogP contribution in [0.25, 0.3) is 0 Å². The van der Waals surface area contributed by atoms with E-state index in [1.54, 1.807) is 11.8 Å². The van der Waals surface area contributed by atoms with Gasteiger partial charge < -0.3 is 5.32 Å². The third-order valence-corrected chi connectivity index (χ3v) is 5.17. The van der Waals surface area contributed by atoms with Crippen molar-refractivity contribution in [1.29, 1.82) is 0 Å². The number of benzene rings is 2. The molecule has 0 spiro atoms. The Kier molecular flexibility index (Phi) is 5.91. The highest BCUT2D eigenvalue weighted by molar-refractivity contribution is 8.00. The monoisotopic (exact) mass is 335 g/mol. The second kappa shape index (κ2) is 8.55. The Balaban J connectivity index is 1.67. The number of amides is 1. The summed E-state index contributed by atoms with van der Waals surface area (Å²) in [6.45, 7) is 0. The number of para-hydroxylation sites is 1. The molecular weight excluding hydrogens is 314 g/mol. The van der Waals surface area contributed by atoms with Crippen LogP contribution in [0.15, 0.2) is 84.5 Å². The Hall–Kier alpha value is -2.26. The molecule has 1 unspecified atom stereocenters. The highest BCUT2D eigenvalue weighted by Crippen LogP contribution is 2.37. The lowest BCUT2D eigenvalue weighted by Gasteiger charge is -2.20. The molecule has 24 heavy (non-hydrogen) atoms. The molecule has 1 atom stereocenters. The van der Waals surface area contributed by atoms with Crippen LogP contribution in [0.5, 0.6) is 0 Å². The average molecular weight is 335 g/mol. The Morgan fingerprint density at radius 3 is 2.38 bits per heavy atom. The van der Waals surface area contributed by atoms with Gasteiger partial charge in [0.1, 0.15) is 0 Å². The number of anilines is 1. The van der Waals surface area contributed by atoms with E-state index in [0.29, 0.717) is 5.75 Å². The molecule has 0 aliphatic heterocycles. The fraction of sp³-hybridized carbons (Fsp3) is 0.190. The van der Waals surface area contributed by atoms with Crippen molar-refractivity contribution in [1.82, 2.24) is 0 Å². The predicted octanol–water partition coefficient (Wildman–Crippen LogP) is 5.38. The molecule has 0 saturated carbocycles. The molecule has 2 aromatic rings. The minimum atomic E-state index is 0.0347. The molecule has 2 aromatic carbocycles. The second-order valence-electron chi connectivity index (χ2n) is 5.70. The van der Waals surface area contributed by atoms with E-state index >= 15 is 0 Å². The maximum Gasteiger partial charge on any atom is 0.234 e.